The van der Waals surface area contributed by atoms with Crippen molar-refractivity contribution in [3.8, 4) is 0 Å². The fourth-order valence-corrected chi connectivity index (χ4v) is 1.52. The van der Waals surface area contributed by atoms with Crippen molar-refractivity contribution >= 4 is 11.8 Å². The van der Waals surface area contributed by atoms with Gasteiger partial charge in [-0.1, -0.05) is 6.92 Å². The van der Waals surface area contributed by atoms with E-state index in [0.717, 1.165) is 6.42 Å². The molecule has 0 aliphatic carbocycles. The SMILES string of the molecule is CCCn1ccnc(NC(C)C(C)C(=O)O)c1=O. The molecule has 1 aromatic rings. The van der Waals surface area contributed by atoms with Crippen molar-refractivity contribution in [2.75, 3.05) is 5.32 Å². The Bertz CT molecular complexity index is 470. The van der Waals surface area contributed by atoms with Crippen LogP contribution >= 0.6 is 0 Å². The highest BCUT2D eigenvalue weighted by atomic mass is 16.4. The maximum Gasteiger partial charge on any atom is 0.308 e. The molecule has 0 aliphatic heterocycles. The molecular weight excluding hydrogens is 234 g/mol. The van der Waals surface area contributed by atoms with Crippen molar-refractivity contribution in [2.45, 2.75) is 39.8 Å². The molecule has 0 aromatic carbocycles. The van der Waals surface area contributed by atoms with Crippen LogP contribution in [0.1, 0.15) is 27.2 Å². The third-order valence-corrected chi connectivity index (χ3v) is 2.88. The number of rotatable bonds is 6. The summed E-state index contributed by atoms with van der Waals surface area (Å²) in [7, 11) is 0. The molecule has 1 heterocycles. The van der Waals surface area contributed by atoms with E-state index in [0.29, 0.717) is 6.54 Å². The number of carboxylic acid groups (broad SMARTS) is 1. The zero-order chi connectivity index (χ0) is 13.7. The van der Waals surface area contributed by atoms with Crippen LogP contribution in [0.3, 0.4) is 0 Å². The molecular formula is C12H19N3O3. The van der Waals surface area contributed by atoms with Gasteiger partial charge in [-0.25, -0.2) is 4.98 Å². The molecule has 0 saturated carbocycles. The molecule has 2 N–H and O–H groups in total. The minimum atomic E-state index is -0.903. The Morgan fingerprint density at radius 3 is 2.78 bits per heavy atom. The number of carboxylic acids is 1. The molecule has 6 nitrogen and oxygen atoms in total. The van der Waals surface area contributed by atoms with Crippen LogP contribution in [-0.4, -0.2) is 26.7 Å². The van der Waals surface area contributed by atoms with Gasteiger partial charge in [-0.05, 0) is 20.3 Å². The fourth-order valence-electron chi connectivity index (χ4n) is 1.52. The van der Waals surface area contributed by atoms with Crippen LogP contribution in [0.2, 0.25) is 0 Å². The minimum Gasteiger partial charge on any atom is -0.481 e. The van der Waals surface area contributed by atoms with Crippen LogP contribution < -0.4 is 10.9 Å². The number of aliphatic carboxylic acids is 1. The van der Waals surface area contributed by atoms with Crippen LogP contribution in [0.4, 0.5) is 5.82 Å². The van der Waals surface area contributed by atoms with Crippen molar-refractivity contribution in [3.63, 3.8) is 0 Å². The topological polar surface area (TPSA) is 84.2 Å². The maximum atomic E-state index is 12.0. The van der Waals surface area contributed by atoms with Gasteiger partial charge in [0.05, 0.1) is 5.92 Å². The van der Waals surface area contributed by atoms with Gasteiger partial charge in [0.15, 0.2) is 5.82 Å². The number of hydrogen-bond donors (Lipinski definition) is 2. The molecule has 2 atom stereocenters. The Labute approximate surface area is 106 Å². The van der Waals surface area contributed by atoms with Gasteiger partial charge in [0.2, 0.25) is 0 Å². The van der Waals surface area contributed by atoms with Gasteiger partial charge in [-0.2, -0.15) is 0 Å². The van der Waals surface area contributed by atoms with E-state index in [4.69, 9.17) is 5.11 Å². The normalized spacial score (nSPS) is 13.9. The second-order valence-electron chi connectivity index (χ2n) is 4.33. The quantitative estimate of drug-likeness (QED) is 0.795. The summed E-state index contributed by atoms with van der Waals surface area (Å²) in [6, 6.07) is -0.361. The highest BCUT2D eigenvalue weighted by Crippen LogP contribution is 2.07. The average Bonchev–Trinajstić information content (AvgIpc) is 2.33. The second kappa shape index (κ2) is 6.18. The van der Waals surface area contributed by atoms with Crippen LogP contribution in [0.15, 0.2) is 17.2 Å². The lowest BCUT2D eigenvalue weighted by Gasteiger charge is -2.18. The summed E-state index contributed by atoms with van der Waals surface area (Å²) in [6.45, 7) is 5.92. The van der Waals surface area contributed by atoms with E-state index in [1.54, 1.807) is 24.6 Å². The monoisotopic (exact) mass is 253 g/mol. The average molecular weight is 253 g/mol. The number of aromatic nitrogens is 2. The standard InChI is InChI=1S/C12H19N3O3/c1-4-6-15-7-5-13-10(11(15)16)14-9(3)8(2)12(17)18/h5,7-9H,4,6H2,1-3H3,(H,13,14)(H,17,18). The molecule has 1 aromatic heterocycles. The first-order valence-electron chi connectivity index (χ1n) is 6.02. The molecule has 6 heteroatoms. The molecule has 18 heavy (non-hydrogen) atoms. The number of nitrogens with zero attached hydrogens (tertiary/aromatic N) is 2. The van der Waals surface area contributed by atoms with Gasteiger partial charge in [-0.15, -0.1) is 0 Å². The lowest BCUT2D eigenvalue weighted by Crippen LogP contribution is -2.34. The van der Waals surface area contributed by atoms with E-state index >= 15 is 0 Å². The number of nitrogens with one attached hydrogen (secondary N) is 1. The summed E-state index contributed by atoms with van der Waals surface area (Å²) in [5.41, 5.74) is -0.219. The lowest BCUT2D eigenvalue weighted by atomic mass is 10.0. The Hall–Kier alpha value is -1.85. The van der Waals surface area contributed by atoms with E-state index in [-0.39, 0.29) is 17.4 Å². The van der Waals surface area contributed by atoms with Gasteiger partial charge in [0.25, 0.3) is 5.56 Å². The van der Waals surface area contributed by atoms with E-state index in [1.165, 1.54) is 6.20 Å². The summed E-state index contributed by atoms with van der Waals surface area (Å²) in [4.78, 5) is 26.8. The molecule has 0 fully saturated rings. The first kappa shape index (κ1) is 14.2. The summed E-state index contributed by atoms with van der Waals surface area (Å²) < 4.78 is 1.56. The molecule has 1 rings (SSSR count). The predicted molar refractivity (Wildman–Crippen MR) is 68.7 cm³/mol. The Kier molecular flexibility index (Phi) is 4.88. The predicted octanol–water partition coefficient (Wildman–Crippen LogP) is 1.17. The van der Waals surface area contributed by atoms with Gasteiger partial charge in [0, 0.05) is 25.0 Å². The number of hydrogen-bond acceptors (Lipinski definition) is 4. The number of aryl methyl sites for hydroxylation is 1. The van der Waals surface area contributed by atoms with Gasteiger partial charge < -0.3 is 15.0 Å². The maximum absolute atomic E-state index is 12.0. The van der Waals surface area contributed by atoms with Crippen LogP contribution in [0, 0.1) is 5.92 Å². The molecule has 0 amide bonds. The Balaban J connectivity index is 2.88. The van der Waals surface area contributed by atoms with Crippen molar-refractivity contribution in [1.29, 1.82) is 0 Å². The second-order valence-corrected chi connectivity index (χ2v) is 4.33. The van der Waals surface area contributed by atoms with Crippen molar-refractivity contribution in [3.05, 3.63) is 22.7 Å². The van der Waals surface area contributed by atoms with Gasteiger partial charge >= 0.3 is 5.97 Å². The molecule has 2 unspecified atom stereocenters. The zero-order valence-corrected chi connectivity index (χ0v) is 10.9. The van der Waals surface area contributed by atoms with E-state index < -0.39 is 11.9 Å². The number of carbonyl (C=O) groups is 1. The highest BCUT2D eigenvalue weighted by Gasteiger charge is 2.20. The van der Waals surface area contributed by atoms with E-state index in [1.807, 2.05) is 6.92 Å². The molecule has 0 saturated heterocycles. The third kappa shape index (κ3) is 3.32. The third-order valence-electron chi connectivity index (χ3n) is 2.88. The van der Waals surface area contributed by atoms with Crippen molar-refractivity contribution in [2.24, 2.45) is 5.92 Å². The first-order valence-corrected chi connectivity index (χ1v) is 6.02. The summed E-state index contributed by atoms with van der Waals surface area (Å²) >= 11 is 0. The Morgan fingerprint density at radius 2 is 2.22 bits per heavy atom. The zero-order valence-electron chi connectivity index (χ0n) is 10.9. The van der Waals surface area contributed by atoms with Gasteiger partial charge in [0.1, 0.15) is 0 Å². The minimum absolute atomic E-state index is 0.201. The molecule has 100 valence electrons. The number of anilines is 1. The van der Waals surface area contributed by atoms with Crippen LogP contribution in [0.25, 0.3) is 0 Å². The molecule has 0 bridgehead atoms. The van der Waals surface area contributed by atoms with Crippen molar-refractivity contribution in [1.82, 2.24) is 9.55 Å². The van der Waals surface area contributed by atoms with Gasteiger partial charge in [-0.3, -0.25) is 9.59 Å². The summed E-state index contributed by atoms with van der Waals surface area (Å²) in [6.07, 6.45) is 4.02. The highest BCUT2D eigenvalue weighted by molar-refractivity contribution is 5.70. The fraction of sp³-hybridized carbons (Fsp3) is 0.583. The molecule has 0 radical (unpaired) electrons. The smallest absolute Gasteiger partial charge is 0.308 e. The largest absolute Gasteiger partial charge is 0.481 e. The van der Waals surface area contributed by atoms with Crippen molar-refractivity contribution < 1.29 is 9.90 Å². The summed E-state index contributed by atoms with van der Waals surface area (Å²) in [5, 5.41) is 11.8. The molecule has 0 spiro atoms. The molecule has 0 aliphatic rings. The van der Waals surface area contributed by atoms with E-state index in [9.17, 15) is 9.59 Å². The lowest BCUT2D eigenvalue weighted by molar-refractivity contribution is -0.141. The first-order chi connectivity index (χ1) is 8.47. The van der Waals surface area contributed by atoms with E-state index in [2.05, 4.69) is 10.3 Å². The Morgan fingerprint density at radius 1 is 1.56 bits per heavy atom. The van der Waals surface area contributed by atoms with Crippen LogP contribution in [-0.2, 0) is 11.3 Å². The summed E-state index contributed by atoms with van der Waals surface area (Å²) in [5.74, 6) is -1.29. The van der Waals surface area contributed by atoms with Crippen LogP contribution in [0.5, 0.6) is 0 Å².